The van der Waals surface area contributed by atoms with Crippen molar-refractivity contribution in [2.24, 2.45) is 5.73 Å². The first kappa shape index (κ1) is 8.96. The van der Waals surface area contributed by atoms with Crippen LogP contribution >= 0.6 is 0 Å². The third-order valence-corrected chi connectivity index (χ3v) is 2.65. The molecule has 2 heterocycles. The number of para-hydroxylation sites is 1. The maximum absolute atomic E-state index is 11.0. The molecule has 5 nitrogen and oxygen atoms in total. The first-order valence-electron chi connectivity index (χ1n) is 4.97. The topological polar surface area (TPSA) is 72.9 Å². The van der Waals surface area contributed by atoms with Gasteiger partial charge in [-0.2, -0.15) is 0 Å². The Bertz CT molecular complexity index is 573. The maximum Gasteiger partial charge on any atom is 0.268 e. The van der Waals surface area contributed by atoms with Gasteiger partial charge in [-0.1, -0.05) is 18.2 Å². The van der Waals surface area contributed by atoms with E-state index in [9.17, 15) is 4.79 Å². The van der Waals surface area contributed by atoms with Gasteiger partial charge in [0.15, 0.2) is 0 Å². The molecular formula is C11H10N4O. The fourth-order valence-corrected chi connectivity index (χ4v) is 1.88. The number of aromatic nitrogens is 2. The molecule has 0 radical (unpaired) electrons. The Labute approximate surface area is 91.9 Å². The van der Waals surface area contributed by atoms with Crippen LogP contribution in [-0.4, -0.2) is 15.5 Å². The van der Waals surface area contributed by atoms with E-state index in [2.05, 4.69) is 10.3 Å². The van der Waals surface area contributed by atoms with Crippen LogP contribution < -0.4 is 11.1 Å². The summed E-state index contributed by atoms with van der Waals surface area (Å²) < 4.78 is 1.85. The molecule has 80 valence electrons. The lowest BCUT2D eigenvalue weighted by Gasteiger charge is -2.19. The largest absolute Gasteiger partial charge is 0.364 e. The highest BCUT2D eigenvalue weighted by Gasteiger charge is 2.18. The van der Waals surface area contributed by atoms with Gasteiger partial charge in [-0.05, 0) is 11.6 Å². The number of nitrogens with one attached hydrogen (secondary N) is 1. The summed E-state index contributed by atoms with van der Waals surface area (Å²) in [5.41, 5.74) is 7.69. The number of primary amides is 1. The predicted molar refractivity (Wildman–Crippen MR) is 59.4 cm³/mol. The van der Waals surface area contributed by atoms with E-state index in [0.717, 1.165) is 5.69 Å². The minimum Gasteiger partial charge on any atom is -0.364 e. The molecule has 0 bridgehead atoms. The number of imidazole rings is 1. The second-order valence-electron chi connectivity index (χ2n) is 3.67. The van der Waals surface area contributed by atoms with Gasteiger partial charge in [-0.25, -0.2) is 4.98 Å². The number of hydrogen-bond donors (Lipinski definition) is 2. The van der Waals surface area contributed by atoms with Gasteiger partial charge >= 0.3 is 0 Å². The number of nitrogens with two attached hydrogens (primary N) is 1. The van der Waals surface area contributed by atoms with Crippen LogP contribution in [0, 0.1) is 0 Å². The van der Waals surface area contributed by atoms with Gasteiger partial charge in [0.1, 0.15) is 5.69 Å². The van der Waals surface area contributed by atoms with E-state index in [1.807, 2.05) is 28.8 Å². The molecule has 1 aromatic carbocycles. The maximum atomic E-state index is 11.0. The van der Waals surface area contributed by atoms with Gasteiger partial charge in [0, 0.05) is 12.7 Å². The summed E-state index contributed by atoms with van der Waals surface area (Å²) in [6.07, 6.45) is 1.66. The van der Waals surface area contributed by atoms with Gasteiger partial charge in [0.2, 0.25) is 5.95 Å². The minimum atomic E-state index is -0.513. The number of rotatable bonds is 1. The molecule has 16 heavy (non-hydrogen) atoms. The fraction of sp³-hybridized carbons (Fsp3) is 0.0909. The van der Waals surface area contributed by atoms with Crippen molar-refractivity contribution in [3.8, 4) is 5.69 Å². The van der Waals surface area contributed by atoms with Gasteiger partial charge in [-0.15, -0.1) is 0 Å². The highest BCUT2D eigenvalue weighted by molar-refractivity contribution is 5.91. The van der Waals surface area contributed by atoms with Crippen molar-refractivity contribution in [1.82, 2.24) is 9.55 Å². The number of hydrogen-bond acceptors (Lipinski definition) is 3. The van der Waals surface area contributed by atoms with E-state index in [1.54, 1.807) is 6.20 Å². The number of carbonyl (C=O) groups excluding carboxylic acids is 1. The Morgan fingerprint density at radius 3 is 3.06 bits per heavy atom. The molecule has 1 aliphatic rings. The van der Waals surface area contributed by atoms with E-state index in [0.29, 0.717) is 12.5 Å². The third kappa shape index (κ3) is 1.18. The summed E-state index contributed by atoms with van der Waals surface area (Å²) >= 11 is 0. The normalized spacial score (nSPS) is 12.5. The Morgan fingerprint density at radius 1 is 1.44 bits per heavy atom. The van der Waals surface area contributed by atoms with Gasteiger partial charge in [-0.3, -0.25) is 9.36 Å². The van der Waals surface area contributed by atoms with Crippen molar-refractivity contribution in [3.63, 3.8) is 0 Å². The average molecular weight is 214 g/mol. The highest BCUT2D eigenvalue weighted by Crippen LogP contribution is 2.25. The summed E-state index contributed by atoms with van der Waals surface area (Å²) in [5, 5.41) is 3.14. The Balaban J connectivity index is 2.20. The van der Waals surface area contributed by atoms with E-state index < -0.39 is 5.91 Å². The molecule has 1 aromatic heterocycles. The van der Waals surface area contributed by atoms with Crippen molar-refractivity contribution < 1.29 is 4.79 Å². The molecule has 0 atom stereocenters. The molecule has 1 aliphatic heterocycles. The van der Waals surface area contributed by atoms with Gasteiger partial charge < -0.3 is 11.1 Å². The zero-order chi connectivity index (χ0) is 11.1. The minimum absolute atomic E-state index is 0.277. The van der Waals surface area contributed by atoms with E-state index in [4.69, 9.17) is 5.73 Å². The smallest absolute Gasteiger partial charge is 0.268 e. The van der Waals surface area contributed by atoms with Crippen molar-refractivity contribution in [1.29, 1.82) is 0 Å². The van der Waals surface area contributed by atoms with Crippen molar-refractivity contribution in [2.45, 2.75) is 6.54 Å². The molecule has 3 N–H and O–H groups in total. The number of fused-ring (bicyclic) bond motifs is 3. The predicted octanol–water partition coefficient (Wildman–Crippen LogP) is 0.897. The molecule has 0 spiro atoms. The molecule has 0 unspecified atom stereocenters. The van der Waals surface area contributed by atoms with Crippen molar-refractivity contribution >= 4 is 11.9 Å². The van der Waals surface area contributed by atoms with Crippen LogP contribution in [0.5, 0.6) is 0 Å². The van der Waals surface area contributed by atoms with Crippen LogP contribution in [0.1, 0.15) is 16.1 Å². The van der Waals surface area contributed by atoms with Crippen LogP contribution in [0.3, 0.4) is 0 Å². The first-order chi connectivity index (χ1) is 7.75. The standard InChI is InChI=1S/C11H10N4O/c12-10(16)8-6-15-9-4-2-1-3-7(9)5-13-11(15)14-8/h1-4,6H,5H2,(H2,12,16)(H,13,14). The van der Waals surface area contributed by atoms with Crippen molar-refractivity contribution in [3.05, 3.63) is 41.7 Å². The zero-order valence-corrected chi connectivity index (χ0v) is 8.47. The fourth-order valence-electron chi connectivity index (χ4n) is 1.88. The monoisotopic (exact) mass is 214 g/mol. The number of anilines is 1. The van der Waals surface area contributed by atoms with Crippen LogP contribution in [0.2, 0.25) is 0 Å². The quantitative estimate of drug-likeness (QED) is 0.740. The zero-order valence-electron chi connectivity index (χ0n) is 8.47. The van der Waals surface area contributed by atoms with Crippen LogP contribution in [0.15, 0.2) is 30.5 Å². The SMILES string of the molecule is NC(=O)c1cn2c(n1)NCc1ccccc1-2. The lowest BCUT2D eigenvalue weighted by molar-refractivity contribution is 0.0996. The summed E-state index contributed by atoms with van der Waals surface area (Å²) in [5.74, 6) is 0.147. The van der Waals surface area contributed by atoms with Crippen LogP contribution in [0.25, 0.3) is 5.69 Å². The summed E-state index contributed by atoms with van der Waals surface area (Å²) in [7, 11) is 0. The molecule has 5 heteroatoms. The average Bonchev–Trinajstić information content (AvgIpc) is 2.73. The number of amides is 1. The lowest BCUT2D eigenvalue weighted by atomic mass is 10.1. The Hall–Kier alpha value is -2.30. The van der Waals surface area contributed by atoms with Crippen molar-refractivity contribution in [2.75, 3.05) is 5.32 Å². The summed E-state index contributed by atoms with van der Waals surface area (Å²) in [6, 6.07) is 7.97. The highest BCUT2D eigenvalue weighted by atomic mass is 16.1. The molecule has 1 amide bonds. The van der Waals surface area contributed by atoms with Crippen LogP contribution in [0.4, 0.5) is 5.95 Å². The van der Waals surface area contributed by atoms with E-state index in [1.165, 1.54) is 5.56 Å². The second kappa shape index (κ2) is 3.10. The molecule has 0 fully saturated rings. The molecule has 0 saturated heterocycles. The summed E-state index contributed by atoms with van der Waals surface area (Å²) in [6.45, 7) is 0.714. The Morgan fingerprint density at radius 2 is 2.25 bits per heavy atom. The molecule has 2 aromatic rings. The number of nitrogens with zero attached hydrogens (tertiary/aromatic N) is 2. The molecule has 3 rings (SSSR count). The lowest BCUT2D eigenvalue weighted by Crippen LogP contribution is -2.14. The van der Waals surface area contributed by atoms with E-state index >= 15 is 0 Å². The molecular weight excluding hydrogens is 204 g/mol. The van der Waals surface area contributed by atoms with Gasteiger partial charge in [0.05, 0.1) is 5.69 Å². The number of carbonyl (C=O) groups is 1. The summed E-state index contributed by atoms with van der Waals surface area (Å²) in [4.78, 5) is 15.2. The van der Waals surface area contributed by atoms with Crippen LogP contribution in [-0.2, 0) is 6.54 Å². The molecule has 0 saturated carbocycles. The number of benzene rings is 1. The first-order valence-corrected chi connectivity index (χ1v) is 4.97. The second-order valence-corrected chi connectivity index (χ2v) is 3.67. The van der Waals surface area contributed by atoms with Gasteiger partial charge in [0.25, 0.3) is 5.91 Å². The molecule has 0 aliphatic carbocycles. The third-order valence-electron chi connectivity index (χ3n) is 2.65. The van der Waals surface area contributed by atoms with E-state index in [-0.39, 0.29) is 5.69 Å². The Kier molecular flexibility index (Phi) is 1.73.